The normalized spacial score (nSPS) is 18.8. The van der Waals surface area contributed by atoms with Crippen LogP contribution in [0.5, 0.6) is 0 Å². The van der Waals surface area contributed by atoms with Crippen LogP contribution < -0.4 is 10.2 Å². The maximum absolute atomic E-state index is 5.86. The quantitative estimate of drug-likeness (QED) is 0.425. The lowest BCUT2D eigenvalue weighted by molar-refractivity contribution is -0.00521. The number of fused-ring (bicyclic) bond motifs is 2. The number of ether oxygens (including phenoxy) is 1. The summed E-state index contributed by atoms with van der Waals surface area (Å²) in [7, 11) is 0. The third kappa shape index (κ3) is 3.78. The fraction of sp³-hybridized carbons (Fsp3) is 0.240. The molecule has 2 aromatic carbocycles. The number of hydrogen-bond acceptors (Lipinski definition) is 6. The second-order valence-corrected chi connectivity index (χ2v) is 8.64. The summed E-state index contributed by atoms with van der Waals surface area (Å²) in [5.41, 5.74) is 5.79. The summed E-state index contributed by atoms with van der Waals surface area (Å²) in [6, 6.07) is 14.6. The van der Waals surface area contributed by atoms with Crippen molar-refractivity contribution in [2.45, 2.75) is 26.1 Å². The van der Waals surface area contributed by atoms with Gasteiger partial charge < -0.3 is 19.4 Å². The van der Waals surface area contributed by atoms with Crippen molar-refractivity contribution in [3.63, 3.8) is 0 Å². The fourth-order valence-electron chi connectivity index (χ4n) is 4.53. The first-order valence-electron chi connectivity index (χ1n) is 11.2. The topological polar surface area (TPSA) is 83.4 Å². The molecule has 0 spiro atoms. The van der Waals surface area contributed by atoms with Crippen molar-refractivity contribution in [2.75, 3.05) is 23.3 Å². The number of benzene rings is 2. The van der Waals surface area contributed by atoms with Crippen LogP contribution >= 0.6 is 0 Å². The van der Waals surface area contributed by atoms with Crippen LogP contribution in [-0.4, -0.2) is 49.9 Å². The van der Waals surface area contributed by atoms with E-state index < -0.39 is 0 Å². The van der Waals surface area contributed by atoms with Crippen LogP contribution in [0.1, 0.15) is 13.8 Å². The summed E-state index contributed by atoms with van der Waals surface area (Å²) in [6.45, 7) is 6.04. The molecule has 8 heteroatoms. The Morgan fingerprint density at radius 3 is 2.70 bits per heavy atom. The maximum Gasteiger partial charge on any atom is 0.180 e. The van der Waals surface area contributed by atoms with Crippen molar-refractivity contribution in [2.24, 2.45) is 0 Å². The van der Waals surface area contributed by atoms with E-state index in [9.17, 15) is 0 Å². The maximum atomic E-state index is 5.86. The van der Waals surface area contributed by atoms with E-state index in [1.807, 2.05) is 29.1 Å². The molecule has 4 heterocycles. The Bertz CT molecular complexity index is 1410. The molecule has 1 aliphatic rings. The molecular formula is C25H25N7O. The van der Waals surface area contributed by atoms with Crippen LogP contribution in [0.25, 0.3) is 27.8 Å². The van der Waals surface area contributed by atoms with Gasteiger partial charge in [0.05, 0.1) is 29.6 Å². The number of anilines is 3. The van der Waals surface area contributed by atoms with Gasteiger partial charge >= 0.3 is 0 Å². The first-order valence-corrected chi connectivity index (χ1v) is 11.2. The summed E-state index contributed by atoms with van der Waals surface area (Å²) in [4.78, 5) is 11.8. The molecule has 1 saturated heterocycles. The monoisotopic (exact) mass is 439 g/mol. The van der Waals surface area contributed by atoms with Crippen molar-refractivity contribution < 1.29 is 4.74 Å². The zero-order valence-electron chi connectivity index (χ0n) is 18.6. The van der Waals surface area contributed by atoms with Crippen LogP contribution in [0.3, 0.4) is 0 Å². The lowest BCUT2D eigenvalue weighted by Gasteiger charge is -2.36. The summed E-state index contributed by atoms with van der Waals surface area (Å²) in [5, 5.41) is 11.7. The number of hydrogen-bond donors (Lipinski definition) is 2. The molecule has 0 aliphatic carbocycles. The molecule has 5 aromatic rings. The molecule has 166 valence electrons. The molecule has 1 aliphatic heterocycles. The predicted octanol–water partition coefficient (Wildman–Crippen LogP) is 4.63. The van der Waals surface area contributed by atoms with E-state index in [-0.39, 0.29) is 12.2 Å². The number of aromatic nitrogens is 5. The van der Waals surface area contributed by atoms with Gasteiger partial charge in [-0.3, -0.25) is 5.10 Å². The highest BCUT2D eigenvalue weighted by molar-refractivity contribution is 5.84. The van der Waals surface area contributed by atoms with E-state index in [1.54, 1.807) is 6.20 Å². The van der Waals surface area contributed by atoms with Gasteiger partial charge in [0.25, 0.3) is 0 Å². The Hall–Kier alpha value is -3.91. The minimum atomic E-state index is 0.230. The van der Waals surface area contributed by atoms with Crippen molar-refractivity contribution >= 4 is 33.7 Å². The van der Waals surface area contributed by atoms with Gasteiger partial charge in [0.1, 0.15) is 0 Å². The lowest BCUT2D eigenvalue weighted by atomic mass is 10.1. The molecular weight excluding hydrogens is 414 g/mol. The van der Waals surface area contributed by atoms with E-state index in [1.165, 1.54) is 5.69 Å². The molecule has 33 heavy (non-hydrogen) atoms. The van der Waals surface area contributed by atoms with E-state index in [0.717, 1.165) is 46.6 Å². The number of morpholine rings is 1. The minimum Gasteiger partial charge on any atom is -0.372 e. The smallest absolute Gasteiger partial charge is 0.180 e. The summed E-state index contributed by atoms with van der Waals surface area (Å²) >= 11 is 0. The molecule has 8 nitrogen and oxygen atoms in total. The van der Waals surface area contributed by atoms with E-state index >= 15 is 0 Å². The second-order valence-electron chi connectivity index (χ2n) is 8.64. The highest BCUT2D eigenvalue weighted by Crippen LogP contribution is 2.28. The fourth-order valence-corrected chi connectivity index (χ4v) is 4.53. The third-order valence-electron chi connectivity index (χ3n) is 6.03. The largest absolute Gasteiger partial charge is 0.372 e. The molecule has 0 unspecified atom stereocenters. The van der Waals surface area contributed by atoms with E-state index in [2.05, 4.69) is 75.6 Å². The molecule has 2 atom stereocenters. The Morgan fingerprint density at radius 1 is 1.06 bits per heavy atom. The van der Waals surface area contributed by atoms with Gasteiger partial charge in [0.2, 0.25) is 0 Å². The average molecular weight is 440 g/mol. The zero-order valence-corrected chi connectivity index (χ0v) is 18.6. The van der Waals surface area contributed by atoms with Gasteiger partial charge in [-0.15, -0.1) is 0 Å². The summed E-state index contributed by atoms with van der Waals surface area (Å²) in [6.07, 6.45) is 7.99. The molecule has 1 fully saturated rings. The first-order chi connectivity index (χ1) is 16.1. The number of aromatic amines is 1. The molecule has 0 bridgehead atoms. The molecule has 2 N–H and O–H groups in total. The molecule has 0 saturated carbocycles. The van der Waals surface area contributed by atoms with Crippen LogP contribution in [-0.2, 0) is 4.74 Å². The van der Waals surface area contributed by atoms with Crippen molar-refractivity contribution in [1.29, 1.82) is 0 Å². The number of nitrogens with one attached hydrogen (secondary N) is 2. The highest BCUT2D eigenvalue weighted by atomic mass is 16.5. The first kappa shape index (κ1) is 19.8. The van der Waals surface area contributed by atoms with Crippen LogP contribution in [0.2, 0.25) is 0 Å². The lowest BCUT2D eigenvalue weighted by Crippen LogP contribution is -2.45. The second kappa shape index (κ2) is 7.90. The van der Waals surface area contributed by atoms with Crippen LogP contribution in [0.4, 0.5) is 17.2 Å². The molecule has 0 amide bonds. The Labute approximate surface area is 191 Å². The highest BCUT2D eigenvalue weighted by Gasteiger charge is 2.22. The molecule has 3 aromatic heterocycles. The third-order valence-corrected chi connectivity index (χ3v) is 6.03. The van der Waals surface area contributed by atoms with Gasteiger partial charge in [-0.25, -0.2) is 9.97 Å². The Kier molecular flexibility index (Phi) is 4.73. The van der Waals surface area contributed by atoms with Gasteiger partial charge in [0.15, 0.2) is 11.5 Å². The number of imidazole rings is 1. The van der Waals surface area contributed by atoms with Crippen molar-refractivity contribution in [3.8, 4) is 11.3 Å². The predicted molar refractivity (Wildman–Crippen MR) is 130 cm³/mol. The van der Waals surface area contributed by atoms with Gasteiger partial charge in [-0.2, -0.15) is 5.10 Å². The van der Waals surface area contributed by atoms with E-state index in [4.69, 9.17) is 9.72 Å². The van der Waals surface area contributed by atoms with Crippen LogP contribution in [0.15, 0.2) is 67.3 Å². The number of rotatable bonds is 4. The number of H-pyrrole nitrogens is 1. The van der Waals surface area contributed by atoms with Crippen LogP contribution in [0, 0.1) is 0 Å². The summed E-state index contributed by atoms with van der Waals surface area (Å²) in [5.74, 6) is 0.712. The minimum absolute atomic E-state index is 0.230. The zero-order chi connectivity index (χ0) is 22.4. The molecule has 6 rings (SSSR count). The SMILES string of the molecule is C[C@@H]1CN(c2ccc(Nc3nc(-c4ccc5cn[nH]c5c4)cn4ccnc34)cc2)C[C@H](C)O1. The Morgan fingerprint density at radius 2 is 1.88 bits per heavy atom. The van der Waals surface area contributed by atoms with Crippen molar-refractivity contribution in [1.82, 2.24) is 24.6 Å². The standard InChI is InChI=1S/C25H25N7O/c1-16-13-32(14-17(2)33-16)21-7-5-20(6-8-21)28-24-25-26-9-10-31(25)15-23(29-24)18-3-4-19-12-27-30-22(19)11-18/h3-12,15-17H,13-14H2,1-2H3,(H,27,30)(H,28,29)/t16-,17+. The molecule has 0 radical (unpaired) electrons. The Balaban J connectivity index is 1.31. The summed E-state index contributed by atoms with van der Waals surface area (Å²) < 4.78 is 7.86. The van der Waals surface area contributed by atoms with Gasteiger partial charge in [-0.05, 0) is 44.2 Å². The number of nitrogens with zero attached hydrogens (tertiary/aromatic N) is 5. The van der Waals surface area contributed by atoms with Gasteiger partial charge in [-0.1, -0.05) is 12.1 Å². The van der Waals surface area contributed by atoms with Crippen molar-refractivity contribution in [3.05, 3.63) is 67.3 Å². The van der Waals surface area contributed by atoms with Gasteiger partial charge in [0, 0.05) is 54.0 Å². The average Bonchev–Trinajstić information content (AvgIpc) is 3.48. The van der Waals surface area contributed by atoms with E-state index in [0.29, 0.717) is 5.82 Å².